The van der Waals surface area contributed by atoms with Crippen LogP contribution in [0.25, 0.3) is 0 Å². The van der Waals surface area contributed by atoms with Gasteiger partial charge >= 0.3 is 0 Å². The van der Waals surface area contributed by atoms with Gasteiger partial charge in [0.05, 0.1) is 0 Å². The predicted octanol–water partition coefficient (Wildman–Crippen LogP) is 1.31. The van der Waals surface area contributed by atoms with Crippen molar-refractivity contribution in [1.82, 2.24) is 4.98 Å². The summed E-state index contributed by atoms with van der Waals surface area (Å²) in [6.45, 7) is 2.07. The van der Waals surface area contributed by atoms with Crippen molar-refractivity contribution in [1.29, 1.82) is 0 Å². The number of imidazole rings is 1. The van der Waals surface area contributed by atoms with E-state index in [4.69, 9.17) is 5.73 Å². The van der Waals surface area contributed by atoms with Crippen LogP contribution < -0.4 is 10.3 Å². The van der Waals surface area contributed by atoms with Crippen LogP contribution in [-0.2, 0) is 0 Å². The van der Waals surface area contributed by atoms with Gasteiger partial charge in [-0.3, -0.25) is 0 Å². The lowest BCUT2D eigenvalue weighted by Gasteiger charge is -2.05. The van der Waals surface area contributed by atoms with Gasteiger partial charge in [0.1, 0.15) is 6.04 Å². The number of hydrogen-bond acceptors (Lipinski definition) is 1. The largest absolute Gasteiger partial charge is 0.363 e. The zero-order valence-electron chi connectivity index (χ0n) is 7.51. The zero-order valence-corrected chi connectivity index (χ0v) is 7.51. The Morgan fingerprint density at radius 1 is 1.50 bits per heavy atom. The summed E-state index contributed by atoms with van der Waals surface area (Å²) in [6, 6.07) is 0.693. The SMILES string of the molecule is Cc1c(N)[nH]c[n+]1C1CCCC1. The molecular formula is C9H16N3+. The van der Waals surface area contributed by atoms with E-state index in [1.807, 2.05) is 6.33 Å². The normalized spacial score (nSPS) is 18.8. The summed E-state index contributed by atoms with van der Waals surface area (Å²) < 4.78 is 2.28. The summed E-state index contributed by atoms with van der Waals surface area (Å²) in [4.78, 5) is 3.05. The summed E-state index contributed by atoms with van der Waals surface area (Å²) in [5, 5.41) is 0. The lowest BCUT2D eigenvalue weighted by molar-refractivity contribution is -0.725. The van der Waals surface area contributed by atoms with E-state index in [2.05, 4.69) is 16.5 Å². The van der Waals surface area contributed by atoms with Gasteiger partial charge in [-0.1, -0.05) is 0 Å². The van der Waals surface area contributed by atoms with E-state index < -0.39 is 0 Å². The molecule has 1 heterocycles. The average Bonchev–Trinajstić information content (AvgIpc) is 2.64. The quantitative estimate of drug-likeness (QED) is 0.607. The number of aromatic nitrogens is 2. The van der Waals surface area contributed by atoms with E-state index in [1.165, 1.54) is 31.4 Å². The number of H-pyrrole nitrogens is 1. The van der Waals surface area contributed by atoms with Crippen LogP contribution >= 0.6 is 0 Å². The Labute approximate surface area is 72.6 Å². The molecule has 1 aliphatic carbocycles. The first-order valence-corrected chi connectivity index (χ1v) is 4.63. The summed E-state index contributed by atoms with van der Waals surface area (Å²) >= 11 is 0. The van der Waals surface area contributed by atoms with Crippen LogP contribution in [0.3, 0.4) is 0 Å². The third kappa shape index (κ3) is 1.09. The second-order valence-electron chi connectivity index (χ2n) is 3.62. The fourth-order valence-corrected chi connectivity index (χ4v) is 2.04. The third-order valence-electron chi connectivity index (χ3n) is 2.85. The standard InChI is InChI=1S/C9H15N3/c1-7-9(10)11-6-12(7)8-4-2-3-5-8/h6,8H,2-5,10H2,1H3/p+1. The van der Waals surface area contributed by atoms with E-state index in [1.54, 1.807) is 0 Å². The summed E-state index contributed by atoms with van der Waals surface area (Å²) in [5.74, 6) is 0.807. The molecular weight excluding hydrogens is 150 g/mol. The van der Waals surface area contributed by atoms with E-state index in [9.17, 15) is 0 Å². The fraction of sp³-hybridized carbons (Fsp3) is 0.667. The molecule has 0 saturated heterocycles. The summed E-state index contributed by atoms with van der Waals surface area (Å²) in [5.41, 5.74) is 6.91. The number of rotatable bonds is 1. The zero-order chi connectivity index (χ0) is 8.55. The molecule has 1 aliphatic rings. The molecule has 0 spiro atoms. The van der Waals surface area contributed by atoms with E-state index >= 15 is 0 Å². The van der Waals surface area contributed by atoms with Gasteiger partial charge in [-0.2, -0.15) is 0 Å². The number of nitrogen functional groups attached to an aromatic ring is 1. The summed E-state index contributed by atoms with van der Waals surface area (Å²) in [7, 11) is 0. The highest BCUT2D eigenvalue weighted by Crippen LogP contribution is 2.25. The number of nitrogens with one attached hydrogen (secondary N) is 1. The molecule has 3 nitrogen and oxygen atoms in total. The third-order valence-corrected chi connectivity index (χ3v) is 2.85. The van der Waals surface area contributed by atoms with Gasteiger partial charge < -0.3 is 5.73 Å². The molecule has 3 heteroatoms. The fourth-order valence-electron chi connectivity index (χ4n) is 2.04. The molecule has 1 aromatic rings. The van der Waals surface area contributed by atoms with Crippen molar-refractivity contribution in [3.8, 4) is 0 Å². The summed E-state index contributed by atoms with van der Waals surface area (Å²) in [6.07, 6.45) is 7.34. The van der Waals surface area contributed by atoms with Crippen molar-refractivity contribution in [2.24, 2.45) is 0 Å². The second kappa shape index (κ2) is 2.81. The number of hydrogen-bond donors (Lipinski definition) is 2. The van der Waals surface area contributed by atoms with Crippen molar-refractivity contribution < 1.29 is 4.57 Å². The lowest BCUT2D eigenvalue weighted by atomic mass is 10.2. The molecule has 2 rings (SSSR count). The maximum atomic E-state index is 5.73. The predicted molar refractivity (Wildman–Crippen MR) is 47.6 cm³/mol. The average molecular weight is 166 g/mol. The minimum Gasteiger partial charge on any atom is -0.363 e. The van der Waals surface area contributed by atoms with Crippen molar-refractivity contribution in [2.75, 3.05) is 5.73 Å². The first-order valence-electron chi connectivity index (χ1n) is 4.63. The number of aromatic amines is 1. The van der Waals surface area contributed by atoms with E-state index in [0.717, 1.165) is 5.82 Å². The van der Waals surface area contributed by atoms with Gasteiger partial charge in [-0.05, 0) is 25.7 Å². The van der Waals surface area contributed by atoms with Crippen LogP contribution in [0.15, 0.2) is 6.33 Å². The topological polar surface area (TPSA) is 45.7 Å². The molecule has 0 atom stereocenters. The van der Waals surface area contributed by atoms with Gasteiger partial charge in [0.15, 0.2) is 5.69 Å². The molecule has 0 aromatic carbocycles. The second-order valence-corrected chi connectivity index (χ2v) is 3.62. The van der Waals surface area contributed by atoms with Gasteiger partial charge in [-0.25, -0.2) is 9.55 Å². The Bertz CT molecular complexity index is 271. The van der Waals surface area contributed by atoms with E-state index in [-0.39, 0.29) is 0 Å². The molecule has 12 heavy (non-hydrogen) atoms. The Morgan fingerprint density at radius 2 is 2.17 bits per heavy atom. The Morgan fingerprint density at radius 3 is 2.67 bits per heavy atom. The van der Waals surface area contributed by atoms with Crippen LogP contribution in [-0.4, -0.2) is 4.98 Å². The van der Waals surface area contributed by atoms with Crippen LogP contribution in [0.5, 0.6) is 0 Å². The molecule has 0 unspecified atom stereocenters. The lowest BCUT2D eigenvalue weighted by Crippen LogP contribution is -2.38. The van der Waals surface area contributed by atoms with Gasteiger partial charge in [-0.15, -0.1) is 0 Å². The maximum Gasteiger partial charge on any atom is 0.243 e. The Balaban J connectivity index is 2.26. The molecule has 1 aromatic heterocycles. The minimum absolute atomic E-state index is 0.693. The molecule has 0 radical (unpaired) electrons. The number of nitrogens with two attached hydrogens (primary N) is 1. The highest BCUT2D eigenvalue weighted by molar-refractivity contribution is 5.28. The molecule has 1 saturated carbocycles. The molecule has 0 bridgehead atoms. The van der Waals surface area contributed by atoms with Crippen LogP contribution in [0, 0.1) is 6.92 Å². The highest BCUT2D eigenvalue weighted by atomic mass is 15.1. The molecule has 0 amide bonds. The van der Waals surface area contributed by atoms with Gasteiger partial charge in [0, 0.05) is 6.92 Å². The van der Waals surface area contributed by atoms with Crippen molar-refractivity contribution >= 4 is 5.82 Å². The smallest absolute Gasteiger partial charge is 0.243 e. The maximum absolute atomic E-state index is 5.73. The minimum atomic E-state index is 0.693. The van der Waals surface area contributed by atoms with Crippen molar-refractivity contribution in [3.63, 3.8) is 0 Å². The van der Waals surface area contributed by atoms with Crippen molar-refractivity contribution in [3.05, 3.63) is 12.0 Å². The van der Waals surface area contributed by atoms with Crippen LogP contribution in [0.2, 0.25) is 0 Å². The monoisotopic (exact) mass is 166 g/mol. The number of nitrogens with zero attached hydrogens (tertiary/aromatic N) is 1. The first-order chi connectivity index (χ1) is 5.79. The Kier molecular flexibility index (Phi) is 1.79. The van der Waals surface area contributed by atoms with E-state index in [0.29, 0.717) is 6.04 Å². The van der Waals surface area contributed by atoms with Crippen molar-refractivity contribution in [2.45, 2.75) is 38.6 Å². The first kappa shape index (κ1) is 7.65. The molecule has 1 fully saturated rings. The van der Waals surface area contributed by atoms with Crippen LogP contribution in [0.4, 0.5) is 5.82 Å². The number of anilines is 1. The Hall–Kier alpha value is -0.990. The molecule has 3 N–H and O–H groups in total. The van der Waals surface area contributed by atoms with Gasteiger partial charge in [0.25, 0.3) is 0 Å². The van der Waals surface area contributed by atoms with Crippen LogP contribution in [0.1, 0.15) is 37.4 Å². The molecule has 0 aliphatic heterocycles. The van der Waals surface area contributed by atoms with Gasteiger partial charge in [0.2, 0.25) is 12.1 Å². The highest BCUT2D eigenvalue weighted by Gasteiger charge is 2.24. The molecule has 66 valence electrons.